The van der Waals surface area contributed by atoms with Crippen LogP contribution in [0.25, 0.3) is 0 Å². The van der Waals surface area contributed by atoms with E-state index in [2.05, 4.69) is 4.98 Å². The molecule has 0 aliphatic rings. The highest BCUT2D eigenvalue weighted by atomic mass is 35.5. The lowest BCUT2D eigenvalue weighted by Gasteiger charge is -2.03. The lowest BCUT2D eigenvalue weighted by atomic mass is 10.1. The van der Waals surface area contributed by atoms with Crippen molar-refractivity contribution in [3.63, 3.8) is 0 Å². The molecule has 2 nitrogen and oxygen atoms in total. The van der Waals surface area contributed by atoms with Gasteiger partial charge in [-0.1, -0.05) is 17.7 Å². The number of carbonyl (C=O) groups excluding carboxylic acids is 1. The van der Waals surface area contributed by atoms with Gasteiger partial charge in [-0.2, -0.15) is 0 Å². The van der Waals surface area contributed by atoms with Gasteiger partial charge in [0, 0.05) is 23.2 Å². The van der Waals surface area contributed by atoms with Crippen LogP contribution in [0, 0.1) is 5.82 Å². The molecule has 0 fully saturated rings. The molecular formula is C11H7ClFNOS. The average Bonchev–Trinajstić information content (AvgIpc) is 2.76. The first-order valence-corrected chi connectivity index (χ1v) is 5.79. The molecule has 0 atom stereocenters. The predicted octanol–water partition coefficient (Wildman–Crippen LogP) is 3.36. The number of thiazole rings is 1. The molecule has 0 aliphatic carbocycles. The smallest absolute Gasteiger partial charge is 0.178 e. The van der Waals surface area contributed by atoms with E-state index in [1.807, 2.05) is 0 Å². The van der Waals surface area contributed by atoms with Crippen LogP contribution in [-0.2, 0) is 6.42 Å². The van der Waals surface area contributed by atoms with Gasteiger partial charge in [0.25, 0.3) is 0 Å². The second kappa shape index (κ2) is 4.72. The number of hydrogen-bond donors (Lipinski definition) is 0. The lowest BCUT2D eigenvalue weighted by Crippen LogP contribution is -2.04. The number of rotatable bonds is 3. The molecule has 0 saturated heterocycles. The summed E-state index contributed by atoms with van der Waals surface area (Å²) in [6.07, 6.45) is 1.44. The molecule has 0 bridgehead atoms. The van der Waals surface area contributed by atoms with Crippen LogP contribution in [0.2, 0.25) is 5.02 Å². The minimum atomic E-state index is -0.453. The van der Waals surface area contributed by atoms with E-state index >= 15 is 0 Å². The van der Waals surface area contributed by atoms with Gasteiger partial charge in [-0.05, 0) is 12.1 Å². The van der Waals surface area contributed by atoms with E-state index in [1.54, 1.807) is 11.6 Å². The third kappa shape index (κ3) is 2.28. The molecule has 0 spiro atoms. The van der Waals surface area contributed by atoms with Crippen molar-refractivity contribution in [2.24, 2.45) is 0 Å². The fraction of sp³-hybridized carbons (Fsp3) is 0.0909. The summed E-state index contributed by atoms with van der Waals surface area (Å²) < 4.78 is 13.4. The van der Waals surface area contributed by atoms with Crippen LogP contribution >= 0.6 is 22.9 Å². The van der Waals surface area contributed by atoms with Gasteiger partial charge in [-0.3, -0.25) is 9.78 Å². The summed E-state index contributed by atoms with van der Waals surface area (Å²) in [6, 6.07) is 4.37. The lowest BCUT2D eigenvalue weighted by molar-refractivity contribution is 0.0995. The Balaban J connectivity index is 2.25. The van der Waals surface area contributed by atoms with Gasteiger partial charge in [-0.15, -0.1) is 11.3 Å². The van der Waals surface area contributed by atoms with E-state index < -0.39 is 5.82 Å². The average molecular weight is 256 g/mol. The van der Waals surface area contributed by atoms with Crippen LogP contribution in [0.15, 0.2) is 29.9 Å². The maximum absolute atomic E-state index is 13.4. The van der Waals surface area contributed by atoms with Gasteiger partial charge >= 0.3 is 0 Å². The first-order valence-electron chi connectivity index (χ1n) is 4.53. The molecule has 1 aromatic heterocycles. The van der Waals surface area contributed by atoms with Crippen LogP contribution in [0.4, 0.5) is 4.39 Å². The van der Waals surface area contributed by atoms with Crippen LogP contribution in [-0.4, -0.2) is 10.8 Å². The maximum Gasteiger partial charge on any atom is 0.178 e. The van der Waals surface area contributed by atoms with Crippen molar-refractivity contribution in [1.29, 1.82) is 0 Å². The van der Waals surface area contributed by atoms with Crippen LogP contribution in [0.3, 0.4) is 0 Å². The van der Waals surface area contributed by atoms with Gasteiger partial charge < -0.3 is 0 Å². The van der Waals surface area contributed by atoms with Crippen LogP contribution in [0.5, 0.6) is 0 Å². The van der Waals surface area contributed by atoms with Gasteiger partial charge in [0.05, 0.1) is 10.4 Å². The second-order valence-corrected chi connectivity index (χ2v) is 4.46. The molecule has 0 aliphatic heterocycles. The standard InChI is InChI=1S/C11H7ClFNOS/c12-8-2-1-3-9(13)7(8)4-10(15)11-5-14-6-16-11/h1-3,5-6H,4H2. The number of hydrogen-bond acceptors (Lipinski definition) is 3. The van der Waals surface area contributed by atoms with E-state index in [-0.39, 0.29) is 22.8 Å². The van der Waals surface area contributed by atoms with Gasteiger partial charge in [-0.25, -0.2) is 4.39 Å². The molecule has 0 N–H and O–H groups in total. The monoisotopic (exact) mass is 255 g/mol. The fourth-order valence-electron chi connectivity index (χ4n) is 1.30. The van der Waals surface area contributed by atoms with Crippen molar-refractivity contribution in [3.05, 3.63) is 51.2 Å². The van der Waals surface area contributed by atoms with Gasteiger partial charge in [0.2, 0.25) is 0 Å². The summed E-state index contributed by atoms with van der Waals surface area (Å²) in [5.74, 6) is -0.625. The summed E-state index contributed by atoms with van der Waals surface area (Å²) in [5, 5.41) is 0.276. The van der Waals surface area contributed by atoms with E-state index in [1.165, 1.54) is 29.7 Å². The Morgan fingerprint density at radius 2 is 2.31 bits per heavy atom. The van der Waals surface area contributed by atoms with Crippen molar-refractivity contribution < 1.29 is 9.18 Å². The van der Waals surface area contributed by atoms with E-state index in [9.17, 15) is 9.18 Å². The zero-order valence-corrected chi connectivity index (χ0v) is 9.69. The number of halogens is 2. The SMILES string of the molecule is O=C(Cc1c(F)cccc1Cl)c1cncs1. The zero-order chi connectivity index (χ0) is 11.5. The third-order valence-corrected chi connectivity index (χ3v) is 3.27. The molecule has 16 heavy (non-hydrogen) atoms. The number of carbonyl (C=O) groups is 1. The zero-order valence-electron chi connectivity index (χ0n) is 8.11. The highest BCUT2D eigenvalue weighted by Gasteiger charge is 2.14. The molecular weight excluding hydrogens is 249 g/mol. The molecule has 0 saturated carbocycles. The van der Waals surface area contributed by atoms with Gasteiger partial charge in [0.1, 0.15) is 5.82 Å². The summed E-state index contributed by atoms with van der Waals surface area (Å²) >= 11 is 7.07. The first-order chi connectivity index (χ1) is 7.68. The molecule has 1 aromatic carbocycles. The Morgan fingerprint density at radius 3 is 2.94 bits per heavy atom. The number of nitrogens with zero attached hydrogens (tertiary/aromatic N) is 1. The highest BCUT2D eigenvalue weighted by molar-refractivity contribution is 7.11. The number of benzene rings is 1. The predicted molar refractivity (Wildman–Crippen MR) is 61.6 cm³/mol. The van der Waals surface area contributed by atoms with E-state index in [0.717, 1.165) is 0 Å². The largest absolute Gasteiger partial charge is 0.293 e. The molecule has 82 valence electrons. The van der Waals surface area contributed by atoms with Crippen molar-refractivity contribution in [2.45, 2.75) is 6.42 Å². The van der Waals surface area contributed by atoms with Crippen molar-refractivity contribution in [3.8, 4) is 0 Å². The van der Waals surface area contributed by atoms with E-state index in [4.69, 9.17) is 11.6 Å². The minimum Gasteiger partial charge on any atom is -0.293 e. The third-order valence-electron chi connectivity index (χ3n) is 2.11. The Morgan fingerprint density at radius 1 is 1.50 bits per heavy atom. The second-order valence-electron chi connectivity index (χ2n) is 3.17. The van der Waals surface area contributed by atoms with E-state index in [0.29, 0.717) is 4.88 Å². The van der Waals surface area contributed by atoms with Crippen molar-refractivity contribution >= 4 is 28.7 Å². The Labute approximate surface area is 101 Å². The Hall–Kier alpha value is -1.26. The topological polar surface area (TPSA) is 30.0 Å². The maximum atomic E-state index is 13.4. The molecule has 1 heterocycles. The Kier molecular flexibility index (Phi) is 3.31. The number of Topliss-reactive ketones (excluding diaryl/α,β-unsaturated/α-hetero) is 1. The number of aromatic nitrogens is 1. The molecule has 5 heteroatoms. The van der Waals surface area contributed by atoms with Crippen molar-refractivity contribution in [1.82, 2.24) is 4.98 Å². The molecule has 2 rings (SSSR count). The highest BCUT2D eigenvalue weighted by Crippen LogP contribution is 2.21. The molecule has 2 aromatic rings. The fourth-order valence-corrected chi connectivity index (χ4v) is 2.09. The summed E-state index contributed by atoms with van der Waals surface area (Å²) in [5.41, 5.74) is 1.80. The quantitative estimate of drug-likeness (QED) is 0.787. The summed E-state index contributed by atoms with van der Waals surface area (Å²) in [6.45, 7) is 0. The molecule has 0 unspecified atom stereocenters. The Bertz CT molecular complexity index is 492. The molecule has 0 amide bonds. The van der Waals surface area contributed by atoms with Crippen LogP contribution < -0.4 is 0 Å². The van der Waals surface area contributed by atoms with Crippen molar-refractivity contribution in [2.75, 3.05) is 0 Å². The van der Waals surface area contributed by atoms with Crippen LogP contribution in [0.1, 0.15) is 15.2 Å². The minimum absolute atomic E-state index is 0.0340. The molecule has 0 radical (unpaired) electrons. The summed E-state index contributed by atoms with van der Waals surface area (Å²) in [4.78, 5) is 16.0. The normalized spacial score (nSPS) is 10.4. The number of ketones is 1. The van der Waals surface area contributed by atoms with Gasteiger partial charge in [0.15, 0.2) is 5.78 Å². The summed E-state index contributed by atoms with van der Waals surface area (Å²) in [7, 11) is 0. The first kappa shape index (κ1) is 11.2.